The highest BCUT2D eigenvalue weighted by molar-refractivity contribution is 14.0. The molecule has 0 bridgehead atoms. The van der Waals surface area contributed by atoms with E-state index in [1.165, 1.54) is 10.9 Å². The van der Waals surface area contributed by atoms with Gasteiger partial charge in [-0.05, 0) is 48.4 Å². The van der Waals surface area contributed by atoms with Crippen LogP contribution < -0.4 is 5.32 Å². The highest BCUT2D eigenvalue weighted by atomic mass is 127. The molecule has 0 aliphatic heterocycles. The van der Waals surface area contributed by atoms with Crippen molar-refractivity contribution in [3.63, 3.8) is 0 Å². The lowest BCUT2D eigenvalue weighted by atomic mass is 10.1. The summed E-state index contributed by atoms with van der Waals surface area (Å²) in [5.41, 5.74) is 1.04. The van der Waals surface area contributed by atoms with Crippen molar-refractivity contribution in [3.05, 3.63) is 58.0 Å². The molecule has 132 valence electrons. The van der Waals surface area contributed by atoms with Crippen molar-refractivity contribution in [2.75, 3.05) is 27.2 Å². The highest BCUT2D eigenvalue weighted by Gasteiger charge is 2.06. The van der Waals surface area contributed by atoms with E-state index in [1.807, 2.05) is 6.07 Å². The number of nitrogens with zero attached hydrogens (tertiary/aromatic N) is 2. The minimum Gasteiger partial charge on any atom is -0.356 e. The van der Waals surface area contributed by atoms with Crippen LogP contribution in [0.5, 0.6) is 0 Å². The van der Waals surface area contributed by atoms with Gasteiger partial charge in [-0.15, -0.1) is 35.3 Å². The summed E-state index contributed by atoms with van der Waals surface area (Å²) < 4.78 is 13.1. The Morgan fingerprint density at radius 3 is 2.75 bits per heavy atom. The summed E-state index contributed by atoms with van der Waals surface area (Å²) >= 11 is 1.79. The van der Waals surface area contributed by atoms with Crippen molar-refractivity contribution in [1.29, 1.82) is 0 Å². The molecule has 2 rings (SSSR count). The fraction of sp³-hybridized carbons (Fsp3) is 0.389. The Labute approximate surface area is 165 Å². The van der Waals surface area contributed by atoms with E-state index in [0.29, 0.717) is 0 Å². The van der Waals surface area contributed by atoms with Gasteiger partial charge >= 0.3 is 0 Å². The number of hydrogen-bond donors (Lipinski definition) is 1. The lowest BCUT2D eigenvalue weighted by Gasteiger charge is -2.21. The molecule has 1 heterocycles. The summed E-state index contributed by atoms with van der Waals surface area (Å²) in [6.45, 7) is 1.76. The molecule has 0 fully saturated rings. The third kappa shape index (κ3) is 7.17. The van der Waals surface area contributed by atoms with E-state index < -0.39 is 0 Å². The van der Waals surface area contributed by atoms with E-state index in [9.17, 15) is 4.39 Å². The molecule has 0 spiro atoms. The minimum absolute atomic E-state index is 0. The first-order chi connectivity index (χ1) is 11.2. The number of thiophene rings is 1. The Balaban J connectivity index is 0.00000288. The Morgan fingerprint density at radius 1 is 1.25 bits per heavy atom. The molecule has 3 nitrogen and oxygen atoms in total. The third-order valence-electron chi connectivity index (χ3n) is 3.66. The van der Waals surface area contributed by atoms with Crippen molar-refractivity contribution < 1.29 is 4.39 Å². The van der Waals surface area contributed by atoms with Gasteiger partial charge in [0.05, 0.1) is 0 Å². The number of guanidine groups is 1. The molecule has 0 atom stereocenters. The zero-order valence-corrected chi connectivity index (χ0v) is 17.3. The predicted octanol–water partition coefficient (Wildman–Crippen LogP) is 4.19. The average Bonchev–Trinajstić information content (AvgIpc) is 3.06. The lowest BCUT2D eigenvalue weighted by Crippen LogP contribution is -2.40. The molecule has 24 heavy (non-hydrogen) atoms. The van der Waals surface area contributed by atoms with Crippen LogP contribution >= 0.6 is 35.3 Å². The fourth-order valence-corrected chi connectivity index (χ4v) is 3.11. The van der Waals surface area contributed by atoms with Crippen LogP contribution in [0.2, 0.25) is 0 Å². The molecule has 0 aliphatic rings. The second-order valence-electron chi connectivity index (χ2n) is 5.46. The molecule has 6 heteroatoms. The van der Waals surface area contributed by atoms with Crippen LogP contribution in [0.15, 0.2) is 46.8 Å². The number of halogens is 2. The number of rotatable bonds is 7. The van der Waals surface area contributed by atoms with E-state index in [1.54, 1.807) is 30.5 Å². The van der Waals surface area contributed by atoms with E-state index in [4.69, 9.17) is 0 Å². The number of hydrogen-bond acceptors (Lipinski definition) is 2. The van der Waals surface area contributed by atoms with E-state index in [2.05, 4.69) is 39.8 Å². The van der Waals surface area contributed by atoms with Gasteiger partial charge in [-0.1, -0.05) is 18.2 Å². The first-order valence-corrected chi connectivity index (χ1v) is 8.75. The Bertz CT molecular complexity index is 616. The first kappa shape index (κ1) is 20.9. The maximum atomic E-state index is 13.1. The molecule has 0 aliphatic carbocycles. The van der Waals surface area contributed by atoms with Crippen LogP contribution in [0.25, 0.3) is 0 Å². The summed E-state index contributed by atoms with van der Waals surface area (Å²) in [5, 5.41) is 5.48. The van der Waals surface area contributed by atoms with Crippen molar-refractivity contribution in [1.82, 2.24) is 10.2 Å². The lowest BCUT2D eigenvalue weighted by molar-refractivity contribution is 0.485. The molecule has 0 saturated carbocycles. The zero-order chi connectivity index (χ0) is 16.5. The van der Waals surface area contributed by atoms with Gasteiger partial charge in [-0.25, -0.2) is 4.39 Å². The van der Waals surface area contributed by atoms with Crippen LogP contribution in [0.1, 0.15) is 16.9 Å². The highest BCUT2D eigenvalue weighted by Crippen LogP contribution is 2.09. The quantitative estimate of drug-likeness (QED) is 0.290. The fourth-order valence-electron chi connectivity index (χ4n) is 2.41. The minimum atomic E-state index is -0.167. The normalized spacial score (nSPS) is 11.0. The first-order valence-electron chi connectivity index (χ1n) is 7.87. The summed E-state index contributed by atoms with van der Waals surface area (Å²) in [5.74, 6) is 0.736. The molecule has 0 radical (unpaired) electrons. The number of aryl methyl sites for hydroxylation is 1. The predicted molar refractivity (Wildman–Crippen MR) is 112 cm³/mol. The van der Waals surface area contributed by atoms with Gasteiger partial charge in [0, 0.05) is 32.1 Å². The molecule has 1 aromatic heterocycles. The Hall–Kier alpha value is -1.15. The monoisotopic (exact) mass is 461 g/mol. The molecule has 0 saturated heterocycles. The van der Waals surface area contributed by atoms with Gasteiger partial charge in [0.1, 0.15) is 5.82 Å². The summed E-state index contributed by atoms with van der Waals surface area (Å²) in [6, 6.07) is 11.0. The smallest absolute Gasteiger partial charge is 0.193 e. The van der Waals surface area contributed by atoms with Gasteiger partial charge in [0.2, 0.25) is 0 Å². The molecule has 1 N–H and O–H groups in total. The van der Waals surface area contributed by atoms with E-state index >= 15 is 0 Å². The maximum absolute atomic E-state index is 13.1. The molecular weight excluding hydrogens is 436 g/mol. The molecule has 0 amide bonds. The second-order valence-corrected chi connectivity index (χ2v) is 6.49. The van der Waals surface area contributed by atoms with Crippen molar-refractivity contribution in [3.8, 4) is 0 Å². The number of nitrogens with one attached hydrogen (secondary N) is 1. The summed E-state index contributed by atoms with van der Waals surface area (Å²) in [6.07, 6.45) is 2.83. The van der Waals surface area contributed by atoms with Crippen LogP contribution in [0.3, 0.4) is 0 Å². The standard InChI is InChI=1S/C18H24FN3S.HI/c1-20-18(22(2)12-10-17-9-5-13-23-17)21-11-4-7-15-6-3-8-16(19)14-15;/h3,5-6,8-9,13-14H,4,7,10-12H2,1-2H3,(H,20,21);1H. The molecule has 1 aromatic carbocycles. The van der Waals surface area contributed by atoms with Crippen LogP contribution in [0.4, 0.5) is 4.39 Å². The van der Waals surface area contributed by atoms with Gasteiger partial charge < -0.3 is 10.2 Å². The van der Waals surface area contributed by atoms with Gasteiger partial charge in [-0.3, -0.25) is 4.99 Å². The SMILES string of the molecule is CN=C(NCCCc1cccc(F)c1)N(C)CCc1cccs1.I. The van der Waals surface area contributed by atoms with E-state index in [0.717, 1.165) is 43.9 Å². The Kier molecular flexibility index (Phi) is 9.94. The average molecular weight is 461 g/mol. The third-order valence-corrected chi connectivity index (χ3v) is 4.60. The van der Waals surface area contributed by atoms with Gasteiger partial charge in [0.25, 0.3) is 0 Å². The van der Waals surface area contributed by atoms with Gasteiger partial charge in [0.15, 0.2) is 5.96 Å². The van der Waals surface area contributed by atoms with Crippen LogP contribution in [0, 0.1) is 5.82 Å². The second kappa shape index (κ2) is 11.4. The van der Waals surface area contributed by atoms with E-state index in [-0.39, 0.29) is 29.8 Å². The van der Waals surface area contributed by atoms with Crippen LogP contribution in [-0.4, -0.2) is 38.0 Å². The zero-order valence-electron chi connectivity index (χ0n) is 14.2. The summed E-state index contributed by atoms with van der Waals surface area (Å²) in [7, 11) is 3.85. The largest absolute Gasteiger partial charge is 0.356 e. The number of benzene rings is 1. The van der Waals surface area contributed by atoms with Crippen LogP contribution in [-0.2, 0) is 12.8 Å². The summed E-state index contributed by atoms with van der Waals surface area (Å²) in [4.78, 5) is 7.85. The van der Waals surface area contributed by atoms with Crippen molar-refractivity contribution in [2.45, 2.75) is 19.3 Å². The number of likely N-dealkylation sites (N-methyl/N-ethyl adjacent to an activating group) is 1. The topological polar surface area (TPSA) is 27.6 Å². The maximum Gasteiger partial charge on any atom is 0.193 e. The van der Waals surface area contributed by atoms with Crippen molar-refractivity contribution >= 4 is 41.3 Å². The molecule has 0 unspecified atom stereocenters. The Morgan fingerprint density at radius 2 is 2.08 bits per heavy atom. The molecule has 2 aromatic rings. The van der Waals surface area contributed by atoms with Gasteiger partial charge in [-0.2, -0.15) is 0 Å². The molecular formula is C18H25FIN3S. The van der Waals surface area contributed by atoms with Crippen molar-refractivity contribution in [2.24, 2.45) is 4.99 Å². The number of aliphatic imine (C=N–C) groups is 1.